The molecule has 0 fully saturated rings. The minimum absolute atomic E-state index is 0.00843. The van der Waals surface area contributed by atoms with Gasteiger partial charge in [0.25, 0.3) is 5.69 Å². The number of carbonyl (C=O) groups is 1. The molecule has 4 rings (SSSR count). The summed E-state index contributed by atoms with van der Waals surface area (Å²) in [6, 6.07) is 8.08. The predicted octanol–water partition coefficient (Wildman–Crippen LogP) is 4.12. The van der Waals surface area contributed by atoms with E-state index in [2.05, 4.69) is 10.3 Å². The summed E-state index contributed by atoms with van der Waals surface area (Å²) in [6.07, 6.45) is 2.54. The number of ether oxygens (including phenoxy) is 4. The van der Waals surface area contributed by atoms with Crippen LogP contribution in [-0.2, 0) is 4.79 Å². The molecular formula is C21H17N3O7S. The summed E-state index contributed by atoms with van der Waals surface area (Å²) in [5, 5.41) is 16.1. The van der Waals surface area contributed by atoms with Crippen molar-refractivity contribution in [1.82, 2.24) is 4.98 Å². The van der Waals surface area contributed by atoms with Gasteiger partial charge in [0.05, 0.1) is 36.5 Å². The van der Waals surface area contributed by atoms with E-state index in [4.69, 9.17) is 18.9 Å². The van der Waals surface area contributed by atoms with Crippen LogP contribution in [0.2, 0.25) is 0 Å². The van der Waals surface area contributed by atoms with Crippen LogP contribution in [-0.4, -0.2) is 36.8 Å². The molecule has 1 aromatic heterocycles. The number of benzene rings is 2. The van der Waals surface area contributed by atoms with Crippen LogP contribution in [0.25, 0.3) is 17.3 Å². The van der Waals surface area contributed by atoms with Gasteiger partial charge in [0.2, 0.25) is 12.7 Å². The third-order valence-electron chi connectivity index (χ3n) is 4.55. The monoisotopic (exact) mass is 455 g/mol. The molecule has 1 N–H and O–H groups in total. The number of fused-ring (bicyclic) bond motifs is 1. The van der Waals surface area contributed by atoms with E-state index >= 15 is 0 Å². The fourth-order valence-corrected chi connectivity index (χ4v) is 3.73. The zero-order chi connectivity index (χ0) is 22.7. The number of nitrogens with zero attached hydrogens (tertiary/aromatic N) is 2. The largest absolute Gasteiger partial charge is 0.497 e. The molecular weight excluding hydrogens is 438 g/mol. The smallest absolute Gasteiger partial charge is 0.280 e. The lowest BCUT2D eigenvalue weighted by molar-refractivity contribution is -0.385. The molecule has 3 aromatic rings. The predicted molar refractivity (Wildman–Crippen MR) is 118 cm³/mol. The average Bonchev–Trinajstić information content (AvgIpc) is 3.45. The quantitative estimate of drug-likeness (QED) is 0.321. The van der Waals surface area contributed by atoms with Gasteiger partial charge in [0.15, 0.2) is 16.6 Å². The summed E-state index contributed by atoms with van der Waals surface area (Å²) in [7, 11) is 3.12. The first-order valence-corrected chi connectivity index (χ1v) is 10.1. The van der Waals surface area contributed by atoms with E-state index in [-0.39, 0.29) is 18.0 Å². The van der Waals surface area contributed by atoms with Gasteiger partial charge in [-0.05, 0) is 24.3 Å². The first-order valence-electron chi connectivity index (χ1n) is 9.23. The highest BCUT2D eigenvalue weighted by molar-refractivity contribution is 7.14. The summed E-state index contributed by atoms with van der Waals surface area (Å²) in [5.74, 6) is 1.43. The van der Waals surface area contributed by atoms with Crippen LogP contribution in [0.4, 0.5) is 10.8 Å². The minimum atomic E-state index is -0.547. The Labute approximate surface area is 186 Å². The first kappa shape index (κ1) is 21.1. The molecule has 0 aliphatic carbocycles. The molecule has 2 aromatic carbocycles. The van der Waals surface area contributed by atoms with Crippen LogP contribution in [0.1, 0.15) is 5.56 Å². The van der Waals surface area contributed by atoms with Crippen LogP contribution >= 0.6 is 11.3 Å². The Morgan fingerprint density at radius 1 is 1.22 bits per heavy atom. The van der Waals surface area contributed by atoms with Crippen molar-refractivity contribution in [1.29, 1.82) is 0 Å². The number of methoxy groups -OCH3 is 2. The van der Waals surface area contributed by atoms with Gasteiger partial charge in [-0.2, -0.15) is 0 Å². The molecule has 1 aliphatic heterocycles. The van der Waals surface area contributed by atoms with Gasteiger partial charge in [0.1, 0.15) is 11.5 Å². The number of rotatable bonds is 7. The highest BCUT2D eigenvalue weighted by atomic mass is 32.1. The van der Waals surface area contributed by atoms with E-state index in [0.29, 0.717) is 33.8 Å². The van der Waals surface area contributed by atoms with E-state index in [0.717, 1.165) is 5.56 Å². The summed E-state index contributed by atoms with van der Waals surface area (Å²) in [4.78, 5) is 27.6. The number of amides is 1. The van der Waals surface area contributed by atoms with Crippen LogP contribution in [0.3, 0.4) is 0 Å². The number of hydrogen-bond acceptors (Lipinski definition) is 9. The van der Waals surface area contributed by atoms with Crippen LogP contribution in [0, 0.1) is 10.1 Å². The molecule has 0 bridgehead atoms. The molecule has 0 saturated carbocycles. The number of nitro groups is 1. The van der Waals surface area contributed by atoms with Gasteiger partial charge in [0, 0.05) is 23.1 Å². The average molecular weight is 455 g/mol. The normalized spacial score (nSPS) is 12.1. The molecule has 0 spiro atoms. The lowest BCUT2D eigenvalue weighted by Crippen LogP contribution is -2.07. The Morgan fingerprint density at radius 3 is 2.72 bits per heavy atom. The Balaban J connectivity index is 1.50. The van der Waals surface area contributed by atoms with Gasteiger partial charge in [-0.25, -0.2) is 4.98 Å². The molecule has 1 aliphatic rings. The number of nitro benzene ring substituents is 1. The number of nitrogens with one attached hydrogen (secondary N) is 1. The third-order valence-corrected chi connectivity index (χ3v) is 5.31. The van der Waals surface area contributed by atoms with Crippen LogP contribution in [0.15, 0.2) is 41.8 Å². The maximum Gasteiger partial charge on any atom is 0.280 e. The number of carbonyl (C=O) groups excluding carboxylic acids is 1. The zero-order valence-corrected chi connectivity index (χ0v) is 17.8. The second kappa shape index (κ2) is 8.94. The second-order valence-corrected chi connectivity index (χ2v) is 7.31. The Morgan fingerprint density at radius 2 is 2.00 bits per heavy atom. The molecule has 1 amide bonds. The van der Waals surface area contributed by atoms with Gasteiger partial charge >= 0.3 is 0 Å². The van der Waals surface area contributed by atoms with E-state index in [1.165, 1.54) is 35.6 Å². The van der Waals surface area contributed by atoms with E-state index < -0.39 is 10.8 Å². The molecule has 11 heteroatoms. The molecule has 10 nitrogen and oxygen atoms in total. The van der Waals surface area contributed by atoms with Crippen molar-refractivity contribution in [2.45, 2.75) is 0 Å². The van der Waals surface area contributed by atoms with Crippen molar-refractivity contribution in [3.63, 3.8) is 0 Å². The Hall–Kier alpha value is -4.12. The minimum Gasteiger partial charge on any atom is -0.497 e. The highest BCUT2D eigenvalue weighted by Gasteiger charge is 2.22. The van der Waals surface area contributed by atoms with Crippen molar-refractivity contribution in [2.24, 2.45) is 0 Å². The topological polar surface area (TPSA) is 122 Å². The van der Waals surface area contributed by atoms with Crippen molar-refractivity contribution in [3.05, 3.63) is 57.5 Å². The zero-order valence-electron chi connectivity index (χ0n) is 17.0. The maximum atomic E-state index is 12.4. The van der Waals surface area contributed by atoms with Gasteiger partial charge in [-0.1, -0.05) is 0 Å². The molecule has 2 heterocycles. The SMILES string of the molecule is COc1ccc(-c2csc(NC(=O)/C=C/c3cc4c(cc3[N+](=O)[O-])OCO4)n2)c(OC)c1. The molecule has 0 radical (unpaired) electrons. The Bertz CT molecular complexity index is 1220. The third kappa shape index (κ3) is 4.32. The van der Waals surface area contributed by atoms with Gasteiger partial charge in [-0.15, -0.1) is 11.3 Å². The fraction of sp³-hybridized carbons (Fsp3) is 0.143. The number of anilines is 1. The second-order valence-electron chi connectivity index (χ2n) is 6.45. The molecule has 32 heavy (non-hydrogen) atoms. The number of hydrogen-bond donors (Lipinski definition) is 1. The summed E-state index contributed by atoms with van der Waals surface area (Å²) in [6.45, 7) is -0.00843. The lowest BCUT2D eigenvalue weighted by atomic mass is 10.1. The van der Waals surface area contributed by atoms with Crippen LogP contribution < -0.4 is 24.3 Å². The summed E-state index contributed by atoms with van der Waals surface area (Å²) < 4.78 is 21.0. The number of aromatic nitrogens is 1. The van der Waals surface area contributed by atoms with Gasteiger partial charge in [-0.3, -0.25) is 20.2 Å². The van der Waals surface area contributed by atoms with Crippen molar-refractivity contribution in [2.75, 3.05) is 26.3 Å². The van der Waals surface area contributed by atoms with Crippen molar-refractivity contribution >= 4 is 34.1 Å². The van der Waals surface area contributed by atoms with E-state index in [9.17, 15) is 14.9 Å². The van der Waals surface area contributed by atoms with E-state index in [1.54, 1.807) is 31.7 Å². The Kier molecular flexibility index (Phi) is 5.90. The molecule has 0 atom stereocenters. The first-order chi connectivity index (χ1) is 15.5. The maximum absolute atomic E-state index is 12.4. The highest BCUT2D eigenvalue weighted by Crippen LogP contribution is 2.38. The summed E-state index contributed by atoms with van der Waals surface area (Å²) in [5.41, 5.74) is 1.40. The number of thiazole rings is 1. The van der Waals surface area contributed by atoms with Crippen molar-refractivity contribution in [3.8, 4) is 34.3 Å². The summed E-state index contributed by atoms with van der Waals surface area (Å²) >= 11 is 1.24. The fourth-order valence-electron chi connectivity index (χ4n) is 3.02. The standard InChI is InChI=1S/C21H17N3O7S/c1-28-13-4-5-14(17(8-13)29-2)15-10-32-21(22-15)23-20(25)6-3-12-7-18-19(31-11-30-18)9-16(12)24(26)27/h3-10H,11H2,1-2H3,(H,22,23,25)/b6-3+. The van der Waals surface area contributed by atoms with Crippen LogP contribution in [0.5, 0.6) is 23.0 Å². The van der Waals surface area contributed by atoms with Crippen molar-refractivity contribution < 1.29 is 28.7 Å². The van der Waals surface area contributed by atoms with E-state index in [1.807, 2.05) is 6.07 Å². The molecule has 164 valence electrons. The lowest BCUT2D eigenvalue weighted by Gasteiger charge is -2.08. The van der Waals surface area contributed by atoms with Gasteiger partial charge < -0.3 is 18.9 Å². The molecule has 0 saturated heterocycles. The molecule has 0 unspecified atom stereocenters.